The van der Waals surface area contributed by atoms with Crippen LogP contribution in [0.1, 0.15) is 23.0 Å². The third kappa shape index (κ3) is 3.34. The summed E-state index contributed by atoms with van der Waals surface area (Å²) in [7, 11) is 1.69. The molecule has 0 aliphatic heterocycles. The fraction of sp³-hybridized carbons (Fsp3) is 0.200. The molecule has 2 rings (SSSR count). The number of carbonyl (C=O) groups is 1. The Morgan fingerprint density at radius 1 is 1.29 bits per heavy atom. The molecule has 0 aliphatic rings. The summed E-state index contributed by atoms with van der Waals surface area (Å²) in [5.74, 6) is -2.07. The highest BCUT2D eigenvalue weighted by Gasteiger charge is 2.13. The van der Waals surface area contributed by atoms with Crippen LogP contribution in [0.3, 0.4) is 0 Å². The van der Waals surface area contributed by atoms with Crippen LogP contribution in [0.15, 0.2) is 30.3 Å². The molecule has 0 aliphatic carbocycles. The molecule has 1 amide bonds. The van der Waals surface area contributed by atoms with Gasteiger partial charge in [-0.05, 0) is 30.7 Å². The molecule has 0 saturated carbocycles. The summed E-state index contributed by atoms with van der Waals surface area (Å²) in [5.41, 5.74) is 0.863. The highest BCUT2D eigenvalue weighted by atomic mass is 19.2. The normalized spacial score (nSPS) is 10.3. The third-order valence-electron chi connectivity index (χ3n) is 2.96. The van der Waals surface area contributed by atoms with Crippen molar-refractivity contribution in [2.24, 2.45) is 0 Å². The number of pyridine rings is 1. The molecule has 1 heterocycles. The molecule has 0 fully saturated rings. The van der Waals surface area contributed by atoms with Crippen molar-refractivity contribution >= 4 is 17.4 Å². The van der Waals surface area contributed by atoms with Crippen LogP contribution in [0.4, 0.5) is 20.3 Å². The number of nitrogens with one attached hydrogen (secondary N) is 2. The van der Waals surface area contributed by atoms with Crippen LogP contribution >= 0.6 is 0 Å². The molecule has 6 heteroatoms. The maximum Gasteiger partial charge on any atom is 0.255 e. The van der Waals surface area contributed by atoms with Gasteiger partial charge < -0.3 is 10.6 Å². The van der Waals surface area contributed by atoms with Gasteiger partial charge in [0.2, 0.25) is 0 Å². The minimum Gasteiger partial charge on any atom is -0.373 e. The summed E-state index contributed by atoms with van der Waals surface area (Å²) in [6.45, 7) is 1.91. The van der Waals surface area contributed by atoms with Gasteiger partial charge in [-0.2, -0.15) is 0 Å². The zero-order valence-corrected chi connectivity index (χ0v) is 11.7. The molecule has 110 valence electrons. The Bertz CT molecular complexity index is 652. The Kier molecular flexibility index (Phi) is 4.47. The van der Waals surface area contributed by atoms with Crippen LogP contribution in [0, 0.1) is 11.6 Å². The quantitative estimate of drug-likeness (QED) is 0.909. The minimum atomic E-state index is -1.08. The number of carbonyl (C=O) groups excluding carboxylic acids is 1. The SMILES string of the molecule is CCc1cc(C(=O)Nc2cccc(F)c2F)cc(NC)n1. The van der Waals surface area contributed by atoms with Gasteiger partial charge in [-0.3, -0.25) is 4.79 Å². The molecule has 0 saturated heterocycles. The molecule has 2 N–H and O–H groups in total. The number of halogens is 2. The maximum atomic E-state index is 13.6. The van der Waals surface area contributed by atoms with Crippen molar-refractivity contribution in [3.05, 3.63) is 53.2 Å². The lowest BCUT2D eigenvalue weighted by Gasteiger charge is -2.09. The molecular formula is C15H15F2N3O. The molecule has 0 bridgehead atoms. The number of benzene rings is 1. The van der Waals surface area contributed by atoms with Crippen molar-refractivity contribution in [1.82, 2.24) is 4.98 Å². The average molecular weight is 291 g/mol. The first-order valence-corrected chi connectivity index (χ1v) is 6.49. The molecule has 0 spiro atoms. The fourth-order valence-electron chi connectivity index (χ4n) is 1.82. The van der Waals surface area contributed by atoms with Crippen LogP contribution < -0.4 is 10.6 Å². The Balaban J connectivity index is 2.30. The van der Waals surface area contributed by atoms with Gasteiger partial charge in [0.1, 0.15) is 5.82 Å². The van der Waals surface area contributed by atoms with Crippen LogP contribution in [0.5, 0.6) is 0 Å². The van der Waals surface area contributed by atoms with E-state index in [0.29, 0.717) is 17.8 Å². The average Bonchev–Trinajstić information content (AvgIpc) is 2.51. The van der Waals surface area contributed by atoms with Gasteiger partial charge in [0.25, 0.3) is 5.91 Å². The van der Waals surface area contributed by atoms with E-state index < -0.39 is 17.5 Å². The highest BCUT2D eigenvalue weighted by molar-refractivity contribution is 6.04. The van der Waals surface area contributed by atoms with E-state index in [2.05, 4.69) is 15.6 Å². The lowest BCUT2D eigenvalue weighted by Crippen LogP contribution is -2.14. The van der Waals surface area contributed by atoms with Gasteiger partial charge in [-0.25, -0.2) is 13.8 Å². The van der Waals surface area contributed by atoms with Gasteiger partial charge in [-0.15, -0.1) is 0 Å². The van der Waals surface area contributed by atoms with E-state index in [1.807, 2.05) is 6.92 Å². The molecule has 1 aromatic carbocycles. The largest absolute Gasteiger partial charge is 0.373 e. The van der Waals surface area contributed by atoms with Crippen molar-refractivity contribution in [1.29, 1.82) is 0 Å². The maximum absolute atomic E-state index is 13.6. The van der Waals surface area contributed by atoms with E-state index in [9.17, 15) is 13.6 Å². The van der Waals surface area contributed by atoms with Crippen molar-refractivity contribution in [3.63, 3.8) is 0 Å². The minimum absolute atomic E-state index is 0.194. The summed E-state index contributed by atoms with van der Waals surface area (Å²) in [5, 5.41) is 5.22. The van der Waals surface area contributed by atoms with Gasteiger partial charge in [0.15, 0.2) is 11.6 Å². The standard InChI is InChI=1S/C15H15F2N3O/c1-3-10-7-9(8-13(18-2)19-10)15(21)20-12-6-4-5-11(16)14(12)17/h4-8H,3H2,1-2H3,(H,18,19)(H,20,21). The summed E-state index contributed by atoms with van der Waals surface area (Å²) >= 11 is 0. The monoisotopic (exact) mass is 291 g/mol. The Morgan fingerprint density at radius 2 is 2.05 bits per heavy atom. The second-order valence-corrected chi connectivity index (χ2v) is 4.39. The van der Waals surface area contributed by atoms with E-state index in [4.69, 9.17) is 0 Å². The van der Waals surface area contributed by atoms with Crippen LogP contribution in [0.25, 0.3) is 0 Å². The van der Waals surface area contributed by atoms with Crippen molar-refractivity contribution in [3.8, 4) is 0 Å². The van der Waals surface area contributed by atoms with E-state index in [1.165, 1.54) is 12.1 Å². The smallest absolute Gasteiger partial charge is 0.255 e. The topological polar surface area (TPSA) is 54.0 Å². The van der Waals surface area contributed by atoms with Crippen molar-refractivity contribution < 1.29 is 13.6 Å². The molecule has 0 unspecified atom stereocenters. The molecular weight excluding hydrogens is 276 g/mol. The first-order valence-electron chi connectivity index (χ1n) is 6.49. The number of hydrogen-bond donors (Lipinski definition) is 2. The number of anilines is 2. The Hall–Kier alpha value is -2.50. The van der Waals surface area contributed by atoms with Crippen molar-refractivity contribution in [2.45, 2.75) is 13.3 Å². The fourth-order valence-corrected chi connectivity index (χ4v) is 1.82. The lowest BCUT2D eigenvalue weighted by atomic mass is 10.1. The van der Waals surface area contributed by atoms with Crippen LogP contribution in [-0.2, 0) is 6.42 Å². The van der Waals surface area contributed by atoms with Gasteiger partial charge in [0, 0.05) is 18.3 Å². The predicted molar refractivity (Wildman–Crippen MR) is 77.5 cm³/mol. The number of aromatic nitrogens is 1. The van der Waals surface area contributed by atoms with Crippen LogP contribution in [-0.4, -0.2) is 17.9 Å². The van der Waals surface area contributed by atoms with E-state index in [0.717, 1.165) is 11.8 Å². The molecule has 2 aromatic rings. The summed E-state index contributed by atoms with van der Waals surface area (Å²) < 4.78 is 26.7. The van der Waals surface area contributed by atoms with E-state index in [-0.39, 0.29) is 5.69 Å². The number of amides is 1. The van der Waals surface area contributed by atoms with Gasteiger partial charge in [-0.1, -0.05) is 13.0 Å². The molecule has 1 aromatic heterocycles. The van der Waals surface area contributed by atoms with Crippen molar-refractivity contribution in [2.75, 3.05) is 17.7 Å². The zero-order chi connectivity index (χ0) is 15.4. The second kappa shape index (κ2) is 6.30. The van der Waals surface area contributed by atoms with Crippen LogP contribution in [0.2, 0.25) is 0 Å². The molecule has 0 radical (unpaired) electrons. The first-order chi connectivity index (χ1) is 10.0. The van der Waals surface area contributed by atoms with Gasteiger partial charge in [0.05, 0.1) is 5.69 Å². The van der Waals surface area contributed by atoms with Gasteiger partial charge >= 0.3 is 0 Å². The number of hydrogen-bond acceptors (Lipinski definition) is 3. The third-order valence-corrected chi connectivity index (χ3v) is 2.96. The van der Waals surface area contributed by atoms with E-state index >= 15 is 0 Å². The number of nitrogens with zero attached hydrogens (tertiary/aromatic N) is 1. The van der Waals surface area contributed by atoms with E-state index in [1.54, 1.807) is 19.2 Å². The molecule has 4 nitrogen and oxygen atoms in total. The lowest BCUT2D eigenvalue weighted by molar-refractivity contribution is 0.102. The highest BCUT2D eigenvalue weighted by Crippen LogP contribution is 2.18. The Morgan fingerprint density at radius 3 is 2.71 bits per heavy atom. The number of rotatable bonds is 4. The second-order valence-electron chi connectivity index (χ2n) is 4.39. The first kappa shape index (κ1) is 14.9. The Labute approximate surface area is 121 Å². The molecule has 21 heavy (non-hydrogen) atoms. The molecule has 0 atom stereocenters. The summed E-state index contributed by atoms with van der Waals surface area (Å²) in [4.78, 5) is 16.4. The number of aryl methyl sites for hydroxylation is 1. The predicted octanol–water partition coefficient (Wildman–Crippen LogP) is 3.22. The summed E-state index contributed by atoms with van der Waals surface area (Å²) in [6.07, 6.45) is 0.657. The zero-order valence-electron chi connectivity index (χ0n) is 11.7. The summed E-state index contributed by atoms with van der Waals surface area (Å²) in [6, 6.07) is 6.79.